The molecule has 0 radical (unpaired) electrons. The lowest BCUT2D eigenvalue weighted by molar-refractivity contribution is 0.104. The molecule has 2 heterocycles. The van der Waals surface area contributed by atoms with Crippen LogP contribution in [0.5, 0.6) is 0 Å². The summed E-state index contributed by atoms with van der Waals surface area (Å²) in [6.07, 6.45) is 0.915. The zero-order valence-electron chi connectivity index (χ0n) is 12.9. The lowest BCUT2D eigenvalue weighted by Gasteiger charge is -2.08. The van der Waals surface area contributed by atoms with Crippen molar-refractivity contribution in [3.63, 3.8) is 0 Å². The summed E-state index contributed by atoms with van der Waals surface area (Å²) >= 11 is 1.39. The SMILES string of the molecule is CCc1c(C)nc2sc(C(=O)c3ccccc3)c(N)c2c1C. The predicted molar refractivity (Wildman–Crippen MR) is 92.8 cm³/mol. The number of nitrogens with zero attached hydrogens (tertiary/aromatic N) is 1. The number of benzene rings is 1. The number of nitrogen functional groups attached to an aromatic ring is 1. The molecule has 0 aliphatic rings. The first-order valence-corrected chi connectivity index (χ1v) is 8.14. The number of nitrogens with two attached hydrogens (primary N) is 1. The largest absolute Gasteiger partial charge is 0.397 e. The first-order chi connectivity index (χ1) is 10.5. The summed E-state index contributed by atoms with van der Waals surface area (Å²) in [7, 11) is 0. The fraction of sp³-hybridized carbons (Fsp3) is 0.222. The van der Waals surface area contributed by atoms with Gasteiger partial charge in [0.15, 0.2) is 0 Å². The Balaban J connectivity index is 2.23. The second-order valence-electron chi connectivity index (χ2n) is 5.37. The van der Waals surface area contributed by atoms with Crippen LogP contribution in [0.15, 0.2) is 30.3 Å². The average molecular weight is 310 g/mol. The second kappa shape index (κ2) is 5.54. The molecule has 0 fully saturated rings. The monoisotopic (exact) mass is 310 g/mol. The Bertz CT molecular complexity index is 866. The molecule has 0 spiro atoms. The maximum atomic E-state index is 12.7. The summed E-state index contributed by atoms with van der Waals surface area (Å²) in [4.78, 5) is 18.8. The van der Waals surface area contributed by atoms with E-state index < -0.39 is 0 Å². The number of rotatable bonds is 3. The molecule has 0 unspecified atom stereocenters. The Kier molecular flexibility index (Phi) is 3.71. The highest BCUT2D eigenvalue weighted by molar-refractivity contribution is 7.21. The van der Waals surface area contributed by atoms with Gasteiger partial charge in [-0.3, -0.25) is 4.79 Å². The number of hydrogen-bond acceptors (Lipinski definition) is 4. The quantitative estimate of drug-likeness (QED) is 0.734. The van der Waals surface area contributed by atoms with E-state index in [0.29, 0.717) is 16.1 Å². The topological polar surface area (TPSA) is 56.0 Å². The van der Waals surface area contributed by atoms with Crippen LogP contribution in [0.2, 0.25) is 0 Å². The molecular weight excluding hydrogens is 292 g/mol. The van der Waals surface area contributed by atoms with Crippen molar-refractivity contribution in [2.45, 2.75) is 27.2 Å². The van der Waals surface area contributed by atoms with Crippen molar-refractivity contribution in [2.75, 3.05) is 5.73 Å². The van der Waals surface area contributed by atoms with Crippen LogP contribution >= 0.6 is 11.3 Å². The van der Waals surface area contributed by atoms with Gasteiger partial charge in [-0.1, -0.05) is 37.3 Å². The maximum Gasteiger partial charge on any atom is 0.205 e. The number of ketones is 1. The summed E-state index contributed by atoms with van der Waals surface area (Å²) in [5.41, 5.74) is 10.9. The van der Waals surface area contributed by atoms with Gasteiger partial charge in [0.25, 0.3) is 0 Å². The molecule has 0 aliphatic heterocycles. The molecule has 3 nitrogen and oxygen atoms in total. The van der Waals surface area contributed by atoms with Crippen LogP contribution in [0.4, 0.5) is 5.69 Å². The van der Waals surface area contributed by atoms with Gasteiger partial charge in [-0.05, 0) is 31.4 Å². The molecule has 22 heavy (non-hydrogen) atoms. The van der Waals surface area contributed by atoms with Gasteiger partial charge in [-0.15, -0.1) is 11.3 Å². The van der Waals surface area contributed by atoms with Crippen molar-refractivity contribution in [3.8, 4) is 0 Å². The van der Waals surface area contributed by atoms with Crippen LogP contribution in [0.1, 0.15) is 39.0 Å². The Hall–Kier alpha value is -2.20. The Morgan fingerprint density at radius 3 is 2.55 bits per heavy atom. The van der Waals surface area contributed by atoms with E-state index in [1.807, 2.05) is 37.3 Å². The molecule has 0 saturated carbocycles. The number of carbonyl (C=O) groups excluding carboxylic acids is 1. The van der Waals surface area contributed by atoms with E-state index >= 15 is 0 Å². The highest BCUT2D eigenvalue weighted by Gasteiger charge is 2.21. The van der Waals surface area contributed by atoms with Crippen LogP contribution in [0.25, 0.3) is 10.2 Å². The summed E-state index contributed by atoms with van der Waals surface area (Å²) in [6.45, 7) is 6.19. The van der Waals surface area contributed by atoms with E-state index in [2.05, 4.69) is 18.8 Å². The maximum absolute atomic E-state index is 12.7. The Morgan fingerprint density at radius 2 is 1.91 bits per heavy atom. The van der Waals surface area contributed by atoms with Crippen LogP contribution in [0.3, 0.4) is 0 Å². The van der Waals surface area contributed by atoms with E-state index in [4.69, 9.17) is 5.73 Å². The number of pyridine rings is 1. The lowest BCUT2D eigenvalue weighted by Crippen LogP contribution is -2.02. The minimum Gasteiger partial charge on any atom is -0.397 e. The normalized spacial score (nSPS) is 11.0. The standard InChI is InChI=1S/C18H18N2OS/c1-4-13-10(2)14-15(19)17(22-18(14)20-11(13)3)16(21)12-8-6-5-7-9-12/h5-9H,4,19H2,1-3H3. The van der Waals surface area contributed by atoms with Crippen LogP contribution in [0, 0.1) is 13.8 Å². The van der Waals surface area contributed by atoms with Gasteiger partial charge in [0.2, 0.25) is 5.78 Å². The molecule has 4 heteroatoms. The van der Waals surface area contributed by atoms with Gasteiger partial charge in [-0.25, -0.2) is 4.98 Å². The number of aryl methyl sites for hydroxylation is 2. The first-order valence-electron chi connectivity index (χ1n) is 7.32. The lowest BCUT2D eigenvalue weighted by atomic mass is 10.0. The molecule has 0 amide bonds. The number of thiophene rings is 1. The molecule has 0 saturated heterocycles. The fourth-order valence-corrected chi connectivity index (χ4v) is 4.09. The highest BCUT2D eigenvalue weighted by Crippen LogP contribution is 2.37. The van der Waals surface area contributed by atoms with Crippen LogP contribution in [-0.4, -0.2) is 10.8 Å². The third-order valence-corrected chi connectivity index (χ3v) is 5.15. The molecule has 0 atom stereocenters. The third-order valence-electron chi connectivity index (χ3n) is 4.06. The van der Waals surface area contributed by atoms with Gasteiger partial charge in [0.1, 0.15) is 9.71 Å². The van der Waals surface area contributed by atoms with Gasteiger partial charge in [0, 0.05) is 16.6 Å². The fourth-order valence-electron chi connectivity index (χ4n) is 2.92. The van der Waals surface area contributed by atoms with E-state index in [1.54, 1.807) is 0 Å². The molecule has 2 N–H and O–H groups in total. The van der Waals surface area contributed by atoms with E-state index in [0.717, 1.165) is 27.9 Å². The smallest absolute Gasteiger partial charge is 0.205 e. The van der Waals surface area contributed by atoms with Crippen LogP contribution < -0.4 is 5.73 Å². The summed E-state index contributed by atoms with van der Waals surface area (Å²) in [5.74, 6) is -0.0313. The number of anilines is 1. The van der Waals surface area contributed by atoms with Crippen molar-refractivity contribution in [2.24, 2.45) is 0 Å². The minimum absolute atomic E-state index is 0.0313. The predicted octanol–water partition coefficient (Wildman–Crippen LogP) is 4.29. The summed E-state index contributed by atoms with van der Waals surface area (Å²) in [5, 5.41) is 0.937. The Labute approximate surface area is 133 Å². The molecule has 2 aromatic heterocycles. The number of carbonyl (C=O) groups is 1. The number of aromatic nitrogens is 1. The van der Waals surface area contributed by atoms with E-state index in [-0.39, 0.29) is 5.78 Å². The number of hydrogen-bond donors (Lipinski definition) is 1. The van der Waals surface area contributed by atoms with Gasteiger partial charge < -0.3 is 5.73 Å². The molecule has 1 aromatic carbocycles. The first kappa shape index (κ1) is 14.7. The molecule has 3 rings (SSSR count). The van der Waals surface area contributed by atoms with Crippen molar-refractivity contribution < 1.29 is 4.79 Å². The molecule has 0 bridgehead atoms. The molecule has 3 aromatic rings. The van der Waals surface area contributed by atoms with E-state index in [1.165, 1.54) is 16.9 Å². The van der Waals surface area contributed by atoms with Gasteiger partial charge >= 0.3 is 0 Å². The van der Waals surface area contributed by atoms with Crippen molar-refractivity contribution >= 4 is 33.0 Å². The van der Waals surface area contributed by atoms with Gasteiger partial charge in [-0.2, -0.15) is 0 Å². The zero-order chi connectivity index (χ0) is 15.9. The molecular formula is C18H18N2OS. The van der Waals surface area contributed by atoms with Crippen molar-refractivity contribution in [1.29, 1.82) is 0 Å². The summed E-state index contributed by atoms with van der Waals surface area (Å²) in [6, 6.07) is 9.25. The van der Waals surface area contributed by atoms with Gasteiger partial charge in [0.05, 0.1) is 5.69 Å². The summed E-state index contributed by atoms with van der Waals surface area (Å²) < 4.78 is 0. The third kappa shape index (κ3) is 2.20. The second-order valence-corrected chi connectivity index (χ2v) is 6.37. The van der Waals surface area contributed by atoms with E-state index in [9.17, 15) is 4.79 Å². The minimum atomic E-state index is -0.0313. The zero-order valence-corrected chi connectivity index (χ0v) is 13.8. The average Bonchev–Trinajstić information content (AvgIpc) is 2.84. The molecule has 0 aliphatic carbocycles. The van der Waals surface area contributed by atoms with Crippen LogP contribution in [-0.2, 0) is 6.42 Å². The van der Waals surface area contributed by atoms with Crippen molar-refractivity contribution in [1.82, 2.24) is 4.98 Å². The molecule has 112 valence electrons. The van der Waals surface area contributed by atoms with Crippen molar-refractivity contribution in [3.05, 3.63) is 57.6 Å². The highest BCUT2D eigenvalue weighted by atomic mass is 32.1. The number of fused-ring (bicyclic) bond motifs is 1. The Morgan fingerprint density at radius 1 is 1.23 bits per heavy atom.